The Morgan fingerprint density at radius 3 is 2.91 bits per heavy atom. The van der Waals surface area contributed by atoms with Crippen LogP contribution in [-0.2, 0) is 0 Å². The van der Waals surface area contributed by atoms with Crippen molar-refractivity contribution < 1.29 is 0 Å². The fourth-order valence-corrected chi connectivity index (χ4v) is 0.768. The van der Waals surface area contributed by atoms with Crippen molar-refractivity contribution >= 4 is 0 Å². The molecule has 0 amide bonds. The van der Waals surface area contributed by atoms with Crippen molar-refractivity contribution in [3.05, 3.63) is 29.6 Å². The molecule has 0 fully saturated rings. The van der Waals surface area contributed by atoms with E-state index in [1.165, 1.54) is 6.20 Å². The maximum absolute atomic E-state index is 8.51. The first kappa shape index (κ1) is 7.70. The largest absolute Gasteiger partial charge is 0.324 e. The number of nitriles is 1. The van der Waals surface area contributed by atoms with E-state index >= 15 is 0 Å². The van der Waals surface area contributed by atoms with E-state index in [1.54, 1.807) is 12.3 Å². The molecular formula is C8H9N3. The van der Waals surface area contributed by atoms with Gasteiger partial charge in [0.25, 0.3) is 0 Å². The lowest BCUT2D eigenvalue weighted by atomic mass is 10.1. The van der Waals surface area contributed by atoms with Crippen molar-refractivity contribution in [2.75, 3.05) is 0 Å². The molecule has 11 heavy (non-hydrogen) atoms. The Hall–Kier alpha value is -1.40. The van der Waals surface area contributed by atoms with Crippen LogP contribution in [0.1, 0.15) is 24.1 Å². The number of hydrogen-bond donors (Lipinski definition) is 1. The van der Waals surface area contributed by atoms with Gasteiger partial charge in [-0.15, -0.1) is 0 Å². The predicted octanol–water partition coefficient (Wildman–Crippen LogP) is 0.973. The van der Waals surface area contributed by atoms with E-state index in [0.29, 0.717) is 5.56 Å². The SMILES string of the molecule is C[C@H](N)c1cncc(C#N)c1. The molecule has 0 aliphatic rings. The fraction of sp³-hybridized carbons (Fsp3) is 0.250. The average molecular weight is 147 g/mol. The van der Waals surface area contributed by atoms with Gasteiger partial charge >= 0.3 is 0 Å². The van der Waals surface area contributed by atoms with Crippen molar-refractivity contribution in [2.45, 2.75) is 13.0 Å². The zero-order valence-corrected chi connectivity index (χ0v) is 6.28. The van der Waals surface area contributed by atoms with Gasteiger partial charge in [0.15, 0.2) is 0 Å². The predicted molar refractivity (Wildman–Crippen MR) is 41.6 cm³/mol. The third-order valence-electron chi connectivity index (χ3n) is 1.41. The Kier molecular flexibility index (Phi) is 2.19. The first-order chi connectivity index (χ1) is 5.24. The van der Waals surface area contributed by atoms with Gasteiger partial charge in [-0.3, -0.25) is 4.98 Å². The number of nitrogens with zero attached hydrogens (tertiary/aromatic N) is 2. The van der Waals surface area contributed by atoms with E-state index in [1.807, 2.05) is 13.0 Å². The molecule has 0 spiro atoms. The third-order valence-corrected chi connectivity index (χ3v) is 1.41. The third kappa shape index (κ3) is 1.76. The maximum Gasteiger partial charge on any atom is 0.101 e. The highest BCUT2D eigenvalue weighted by atomic mass is 14.7. The average Bonchev–Trinajstić information content (AvgIpc) is 2.05. The Bertz CT molecular complexity index is 286. The molecule has 0 bridgehead atoms. The smallest absolute Gasteiger partial charge is 0.101 e. The first-order valence-electron chi connectivity index (χ1n) is 3.34. The van der Waals surface area contributed by atoms with Crippen molar-refractivity contribution in [1.29, 1.82) is 5.26 Å². The molecule has 0 saturated heterocycles. The molecule has 0 saturated carbocycles. The monoisotopic (exact) mass is 147 g/mol. The summed E-state index contributed by atoms with van der Waals surface area (Å²) < 4.78 is 0. The molecule has 0 aliphatic carbocycles. The van der Waals surface area contributed by atoms with Crippen molar-refractivity contribution in [3.8, 4) is 6.07 Å². The van der Waals surface area contributed by atoms with Crippen LogP contribution in [0.3, 0.4) is 0 Å². The molecule has 1 aromatic heterocycles. The standard InChI is InChI=1S/C8H9N3/c1-6(10)8-2-7(3-9)4-11-5-8/h2,4-6H,10H2,1H3/t6-/m0/s1. The van der Waals surface area contributed by atoms with Gasteiger partial charge in [0, 0.05) is 18.4 Å². The van der Waals surface area contributed by atoms with Crippen LogP contribution in [0.15, 0.2) is 18.5 Å². The second kappa shape index (κ2) is 3.13. The molecule has 1 atom stereocenters. The summed E-state index contributed by atoms with van der Waals surface area (Å²) in [5, 5.41) is 8.51. The van der Waals surface area contributed by atoms with Gasteiger partial charge in [-0.05, 0) is 18.6 Å². The number of hydrogen-bond acceptors (Lipinski definition) is 3. The molecule has 2 N–H and O–H groups in total. The summed E-state index contributed by atoms with van der Waals surface area (Å²) in [6.07, 6.45) is 3.19. The minimum absolute atomic E-state index is 0.0594. The number of rotatable bonds is 1. The van der Waals surface area contributed by atoms with Crippen molar-refractivity contribution in [3.63, 3.8) is 0 Å². The van der Waals surface area contributed by atoms with Crippen LogP contribution in [0.25, 0.3) is 0 Å². The van der Waals surface area contributed by atoms with Gasteiger partial charge < -0.3 is 5.73 Å². The highest BCUT2D eigenvalue weighted by molar-refractivity contribution is 5.30. The van der Waals surface area contributed by atoms with E-state index in [2.05, 4.69) is 4.98 Å². The second-order valence-electron chi connectivity index (χ2n) is 2.41. The number of pyridine rings is 1. The van der Waals surface area contributed by atoms with Crippen LogP contribution in [0.5, 0.6) is 0 Å². The Balaban J connectivity index is 3.03. The van der Waals surface area contributed by atoms with E-state index in [-0.39, 0.29) is 6.04 Å². The van der Waals surface area contributed by atoms with Crippen LogP contribution in [0, 0.1) is 11.3 Å². The lowest BCUT2D eigenvalue weighted by Gasteiger charge is -2.02. The molecule has 0 aliphatic heterocycles. The molecule has 3 nitrogen and oxygen atoms in total. The van der Waals surface area contributed by atoms with Gasteiger partial charge in [-0.1, -0.05) is 0 Å². The minimum atomic E-state index is -0.0594. The van der Waals surface area contributed by atoms with Gasteiger partial charge in [-0.2, -0.15) is 5.26 Å². The van der Waals surface area contributed by atoms with Crippen LogP contribution in [0.2, 0.25) is 0 Å². The molecule has 0 unspecified atom stereocenters. The van der Waals surface area contributed by atoms with Gasteiger partial charge in [0.2, 0.25) is 0 Å². The quantitative estimate of drug-likeness (QED) is 0.643. The number of aromatic nitrogens is 1. The second-order valence-corrected chi connectivity index (χ2v) is 2.41. The molecule has 1 aromatic rings. The molecule has 1 heterocycles. The highest BCUT2D eigenvalue weighted by Gasteiger charge is 1.99. The summed E-state index contributed by atoms with van der Waals surface area (Å²) in [4.78, 5) is 3.87. The van der Waals surface area contributed by atoms with Gasteiger partial charge in [-0.25, -0.2) is 0 Å². The topological polar surface area (TPSA) is 62.7 Å². The van der Waals surface area contributed by atoms with E-state index in [9.17, 15) is 0 Å². The molecule has 0 aromatic carbocycles. The molecule has 3 heteroatoms. The van der Waals surface area contributed by atoms with Crippen LogP contribution in [0.4, 0.5) is 0 Å². The summed E-state index contributed by atoms with van der Waals surface area (Å²) in [6.45, 7) is 1.86. The fourth-order valence-electron chi connectivity index (χ4n) is 0.768. The highest BCUT2D eigenvalue weighted by Crippen LogP contribution is 2.08. The maximum atomic E-state index is 8.51. The Morgan fingerprint density at radius 1 is 1.64 bits per heavy atom. The number of nitrogens with two attached hydrogens (primary N) is 1. The summed E-state index contributed by atoms with van der Waals surface area (Å²) in [7, 11) is 0. The summed E-state index contributed by atoms with van der Waals surface area (Å²) in [5.74, 6) is 0. The van der Waals surface area contributed by atoms with Crippen LogP contribution < -0.4 is 5.73 Å². The summed E-state index contributed by atoms with van der Waals surface area (Å²) in [5.41, 5.74) is 7.04. The lowest BCUT2D eigenvalue weighted by molar-refractivity contribution is 0.811. The van der Waals surface area contributed by atoms with E-state index in [0.717, 1.165) is 5.56 Å². The summed E-state index contributed by atoms with van der Waals surface area (Å²) >= 11 is 0. The minimum Gasteiger partial charge on any atom is -0.324 e. The molecule has 0 radical (unpaired) electrons. The van der Waals surface area contributed by atoms with E-state index in [4.69, 9.17) is 11.0 Å². The Labute approximate surface area is 65.5 Å². The van der Waals surface area contributed by atoms with Gasteiger partial charge in [0.05, 0.1) is 5.56 Å². The van der Waals surface area contributed by atoms with Crippen LogP contribution >= 0.6 is 0 Å². The van der Waals surface area contributed by atoms with Crippen LogP contribution in [-0.4, -0.2) is 4.98 Å². The normalized spacial score (nSPS) is 12.1. The van der Waals surface area contributed by atoms with Gasteiger partial charge in [0.1, 0.15) is 6.07 Å². The molecular weight excluding hydrogens is 138 g/mol. The van der Waals surface area contributed by atoms with Crippen molar-refractivity contribution in [2.24, 2.45) is 5.73 Å². The van der Waals surface area contributed by atoms with E-state index < -0.39 is 0 Å². The first-order valence-corrected chi connectivity index (χ1v) is 3.34. The molecule has 56 valence electrons. The molecule has 1 rings (SSSR count). The summed E-state index contributed by atoms with van der Waals surface area (Å²) in [6, 6.07) is 3.69. The Morgan fingerprint density at radius 2 is 2.36 bits per heavy atom. The van der Waals surface area contributed by atoms with Crippen molar-refractivity contribution in [1.82, 2.24) is 4.98 Å². The zero-order valence-electron chi connectivity index (χ0n) is 6.28. The lowest BCUT2D eigenvalue weighted by Crippen LogP contribution is -2.05. The zero-order chi connectivity index (χ0) is 8.27.